The quantitative estimate of drug-likeness (QED) is 0.419. The lowest BCUT2D eigenvalue weighted by Crippen LogP contribution is -2.54. The van der Waals surface area contributed by atoms with Gasteiger partial charge in [-0.15, -0.1) is 0 Å². The second-order valence-corrected chi connectivity index (χ2v) is 7.05. The number of halogens is 2. The maximum Gasteiger partial charge on any atom is 0.270 e. The Balaban J connectivity index is 2.03. The van der Waals surface area contributed by atoms with E-state index in [1.54, 1.807) is 36.4 Å². The molecule has 29 heavy (non-hydrogen) atoms. The van der Waals surface area contributed by atoms with Crippen molar-refractivity contribution in [3.8, 4) is 11.5 Å². The van der Waals surface area contributed by atoms with Gasteiger partial charge < -0.3 is 9.47 Å². The minimum absolute atomic E-state index is 0.0782. The molecule has 2 amide bonds. The van der Waals surface area contributed by atoms with Crippen LogP contribution in [0.5, 0.6) is 11.5 Å². The molecule has 1 saturated heterocycles. The van der Waals surface area contributed by atoms with E-state index in [1.807, 2.05) is 6.92 Å². The van der Waals surface area contributed by atoms with E-state index in [9.17, 15) is 9.59 Å². The zero-order chi connectivity index (χ0) is 21.1. The van der Waals surface area contributed by atoms with Crippen molar-refractivity contribution in [3.63, 3.8) is 0 Å². The molecule has 0 radical (unpaired) electrons. The zero-order valence-corrected chi connectivity index (χ0v) is 17.8. The van der Waals surface area contributed by atoms with Crippen molar-refractivity contribution < 1.29 is 19.1 Å². The predicted octanol–water partition coefficient (Wildman–Crippen LogP) is 4.23. The van der Waals surface area contributed by atoms with E-state index >= 15 is 0 Å². The smallest absolute Gasteiger partial charge is 0.270 e. The molecule has 0 bridgehead atoms. The van der Waals surface area contributed by atoms with Crippen LogP contribution < -0.4 is 19.7 Å². The van der Waals surface area contributed by atoms with E-state index in [0.29, 0.717) is 23.7 Å². The third kappa shape index (κ3) is 4.22. The van der Waals surface area contributed by atoms with Gasteiger partial charge in [0.2, 0.25) is 0 Å². The first-order valence-electron chi connectivity index (χ1n) is 8.53. The van der Waals surface area contributed by atoms with Gasteiger partial charge in [-0.05, 0) is 55.0 Å². The topological polar surface area (TPSA) is 67.9 Å². The summed E-state index contributed by atoms with van der Waals surface area (Å²) in [5.74, 6) is -0.182. The molecule has 2 aromatic carbocycles. The largest absolute Gasteiger partial charge is 0.493 e. The predicted molar refractivity (Wildman–Crippen MR) is 117 cm³/mol. The van der Waals surface area contributed by atoms with Crippen LogP contribution in [0.15, 0.2) is 42.0 Å². The molecule has 6 nitrogen and oxygen atoms in total. The molecule has 1 fully saturated rings. The van der Waals surface area contributed by atoms with Crippen molar-refractivity contribution in [2.75, 3.05) is 18.6 Å². The van der Waals surface area contributed by atoms with Gasteiger partial charge in [0.15, 0.2) is 16.6 Å². The first kappa shape index (κ1) is 21.1. The molecule has 0 unspecified atom stereocenters. The second-order valence-electron chi connectivity index (χ2n) is 5.87. The summed E-state index contributed by atoms with van der Waals surface area (Å²) in [6.07, 6.45) is 1.45. The third-order valence-electron chi connectivity index (χ3n) is 4.07. The van der Waals surface area contributed by atoms with Gasteiger partial charge >= 0.3 is 0 Å². The molecule has 3 rings (SSSR count). The summed E-state index contributed by atoms with van der Waals surface area (Å²) in [7, 11) is 1.51. The van der Waals surface area contributed by atoms with Gasteiger partial charge in [-0.3, -0.25) is 19.8 Å². The molecule has 2 aromatic rings. The molecular formula is C20H16Cl2N2O4S. The van der Waals surface area contributed by atoms with Crippen LogP contribution in [0, 0.1) is 0 Å². The van der Waals surface area contributed by atoms with E-state index < -0.39 is 11.8 Å². The number of benzene rings is 2. The fourth-order valence-electron chi connectivity index (χ4n) is 2.76. The van der Waals surface area contributed by atoms with E-state index in [2.05, 4.69) is 5.32 Å². The molecule has 0 atom stereocenters. The van der Waals surface area contributed by atoms with Crippen LogP contribution in [-0.2, 0) is 9.59 Å². The zero-order valence-electron chi connectivity index (χ0n) is 15.5. The summed E-state index contributed by atoms with van der Waals surface area (Å²) < 4.78 is 10.8. The lowest BCUT2D eigenvalue weighted by atomic mass is 10.1. The number of nitrogens with zero attached hydrogens (tertiary/aromatic N) is 1. The molecule has 0 aliphatic carbocycles. The average molecular weight is 451 g/mol. The molecular weight excluding hydrogens is 435 g/mol. The van der Waals surface area contributed by atoms with Crippen LogP contribution in [0.4, 0.5) is 5.69 Å². The van der Waals surface area contributed by atoms with Crippen molar-refractivity contribution in [3.05, 3.63) is 57.6 Å². The number of thiocarbonyl (C=S) groups is 1. The Morgan fingerprint density at radius 2 is 1.93 bits per heavy atom. The Morgan fingerprint density at radius 3 is 2.62 bits per heavy atom. The summed E-state index contributed by atoms with van der Waals surface area (Å²) in [6.45, 7) is 2.34. The molecule has 0 spiro atoms. The standard InChI is InChI=1S/C20H16Cl2N2O4S/c1-3-28-15-8-7-11(10-16(15)27-2)9-12-18(25)23-20(29)24(19(12)26)14-6-4-5-13(21)17(14)22/h4-10H,3H2,1-2H3,(H,23,25,29). The number of nitrogens with one attached hydrogen (secondary N) is 1. The van der Waals surface area contributed by atoms with Gasteiger partial charge in [-0.1, -0.05) is 35.3 Å². The monoisotopic (exact) mass is 450 g/mol. The van der Waals surface area contributed by atoms with Gasteiger partial charge in [0, 0.05) is 0 Å². The SMILES string of the molecule is CCOc1ccc(C=C2C(=O)NC(=S)N(c3cccc(Cl)c3Cl)C2=O)cc1OC. The van der Waals surface area contributed by atoms with E-state index in [0.717, 1.165) is 4.90 Å². The van der Waals surface area contributed by atoms with E-state index in [-0.39, 0.29) is 26.4 Å². The highest BCUT2D eigenvalue weighted by Crippen LogP contribution is 2.35. The number of rotatable bonds is 5. The number of hydrogen-bond donors (Lipinski definition) is 1. The molecule has 1 N–H and O–H groups in total. The fraction of sp³-hybridized carbons (Fsp3) is 0.150. The van der Waals surface area contributed by atoms with Gasteiger partial charge in [0.05, 0.1) is 29.4 Å². The number of carbonyl (C=O) groups is 2. The first-order chi connectivity index (χ1) is 13.9. The number of anilines is 1. The molecule has 1 heterocycles. The Bertz CT molecular complexity index is 1040. The van der Waals surface area contributed by atoms with Crippen molar-refractivity contribution in [2.45, 2.75) is 6.92 Å². The molecule has 0 saturated carbocycles. The molecule has 150 valence electrons. The number of amides is 2. The minimum atomic E-state index is -0.615. The van der Waals surface area contributed by atoms with E-state index in [1.165, 1.54) is 13.2 Å². The van der Waals surface area contributed by atoms with Gasteiger partial charge in [-0.2, -0.15) is 0 Å². The fourth-order valence-corrected chi connectivity index (χ4v) is 3.41. The van der Waals surface area contributed by atoms with Crippen LogP contribution in [0.2, 0.25) is 10.0 Å². The van der Waals surface area contributed by atoms with Crippen molar-refractivity contribution in [1.29, 1.82) is 0 Å². The van der Waals surface area contributed by atoms with Gasteiger partial charge in [-0.25, -0.2) is 0 Å². The highest BCUT2D eigenvalue weighted by Gasteiger charge is 2.35. The Hall–Kier alpha value is -2.61. The number of ether oxygens (including phenoxy) is 2. The summed E-state index contributed by atoms with van der Waals surface area (Å²) in [5.41, 5.74) is 0.749. The normalized spacial score (nSPS) is 15.5. The Kier molecular flexibility index (Phi) is 6.42. The highest BCUT2D eigenvalue weighted by atomic mass is 35.5. The first-order valence-corrected chi connectivity index (χ1v) is 9.70. The van der Waals surface area contributed by atoms with Crippen LogP contribution in [0.3, 0.4) is 0 Å². The van der Waals surface area contributed by atoms with Gasteiger partial charge in [0.1, 0.15) is 5.57 Å². The molecule has 1 aliphatic rings. The Labute approximate surface area is 183 Å². The van der Waals surface area contributed by atoms with Crippen LogP contribution >= 0.6 is 35.4 Å². The van der Waals surface area contributed by atoms with Crippen molar-refractivity contribution in [1.82, 2.24) is 5.32 Å². The van der Waals surface area contributed by atoms with Crippen molar-refractivity contribution in [2.24, 2.45) is 0 Å². The summed E-state index contributed by atoms with van der Waals surface area (Å²) in [5, 5.41) is 2.85. The van der Waals surface area contributed by atoms with Crippen molar-refractivity contribution >= 4 is 64.1 Å². The average Bonchev–Trinajstić information content (AvgIpc) is 2.69. The van der Waals surface area contributed by atoms with Crippen LogP contribution in [-0.4, -0.2) is 30.6 Å². The summed E-state index contributed by atoms with van der Waals surface area (Å²) in [4.78, 5) is 26.7. The van der Waals surface area contributed by atoms with Crippen LogP contribution in [0.25, 0.3) is 6.08 Å². The molecule has 0 aromatic heterocycles. The third-order valence-corrected chi connectivity index (χ3v) is 5.17. The maximum atomic E-state index is 13.1. The molecule has 9 heteroatoms. The number of hydrogen-bond acceptors (Lipinski definition) is 5. The molecule has 1 aliphatic heterocycles. The number of carbonyl (C=O) groups excluding carboxylic acids is 2. The highest BCUT2D eigenvalue weighted by molar-refractivity contribution is 7.80. The number of methoxy groups -OCH3 is 1. The van der Waals surface area contributed by atoms with E-state index in [4.69, 9.17) is 44.9 Å². The Morgan fingerprint density at radius 1 is 1.17 bits per heavy atom. The minimum Gasteiger partial charge on any atom is -0.493 e. The van der Waals surface area contributed by atoms with Crippen LogP contribution in [0.1, 0.15) is 12.5 Å². The summed E-state index contributed by atoms with van der Waals surface area (Å²) >= 11 is 17.5. The lowest BCUT2D eigenvalue weighted by molar-refractivity contribution is -0.122. The summed E-state index contributed by atoms with van der Waals surface area (Å²) in [6, 6.07) is 9.90. The van der Waals surface area contributed by atoms with Gasteiger partial charge in [0.25, 0.3) is 11.8 Å². The maximum absolute atomic E-state index is 13.1. The second kappa shape index (κ2) is 8.82. The lowest BCUT2D eigenvalue weighted by Gasteiger charge is -2.29.